The fourth-order valence-corrected chi connectivity index (χ4v) is 3.86. The molecule has 3 N–H and O–H groups in total. The molecule has 0 radical (unpaired) electrons. The summed E-state index contributed by atoms with van der Waals surface area (Å²) in [6.07, 6.45) is 0. The number of nitrogens with one attached hydrogen (secondary N) is 2. The Morgan fingerprint density at radius 2 is 1.69 bits per heavy atom. The van der Waals surface area contributed by atoms with E-state index in [0.29, 0.717) is 22.8 Å². The number of H-pyrrole nitrogens is 1. The molecule has 9 nitrogen and oxygen atoms in total. The smallest absolute Gasteiger partial charge is 0.341 e. The first-order valence-electron chi connectivity index (χ1n) is 9.46. The number of amides is 1. The van der Waals surface area contributed by atoms with Gasteiger partial charge in [-0.1, -0.05) is 36.0 Å². The van der Waals surface area contributed by atoms with E-state index in [0.717, 1.165) is 15.4 Å². The van der Waals surface area contributed by atoms with Gasteiger partial charge in [-0.05, 0) is 53.7 Å². The van der Waals surface area contributed by atoms with E-state index >= 15 is 0 Å². The van der Waals surface area contributed by atoms with Gasteiger partial charge in [0, 0.05) is 20.9 Å². The minimum Gasteiger partial charge on any atom is -0.482 e. The Hall–Kier alpha value is -4.18. The fourth-order valence-electron chi connectivity index (χ4n) is 2.84. The van der Waals surface area contributed by atoms with E-state index in [4.69, 9.17) is 9.84 Å². The monoisotopic (exact) mass is 447 g/mol. The van der Waals surface area contributed by atoms with Crippen LogP contribution in [0.2, 0.25) is 0 Å². The van der Waals surface area contributed by atoms with Gasteiger partial charge in [0.25, 0.3) is 5.91 Å². The number of ether oxygens (including phenoxy) is 1. The molecule has 4 rings (SSSR count). The number of aliphatic carboxylic acids is 1. The highest BCUT2D eigenvalue weighted by molar-refractivity contribution is 7.99. The lowest BCUT2D eigenvalue weighted by atomic mass is 10.2. The van der Waals surface area contributed by atoms with Gasteiger partial charge in [-0.25, -0.2) is 4.79 Å². The van der Waals surface area contributed by atoms with Gasteiger partial charge in [0.2, 0.25) is 5.82 Å². The third-order valence-electron chi connectivity index (χ3n) is 4.31. The first-order chi connectivity index (χ1) is 15.6. The summed E-state index contributed by atoms with van der Waals surface area (Å²) >= 11 is 1.48. The van der Waals surface area contributed by atoms with Crippen LogP contribution in [0.15, 0.2) is 82.6 Å². The lowest BCUT2D eigenvalue weighted by molar-refractivity contribution is -0.139. The predicted octanol–water partition coefficient (Wildman–Crippen LogP) is 3.73. The summed E-state index contributed by atoms with van der Waals surface area (Å²) in [6.45, 7) is -0.443. The largest absolute Gasteiger partial charge is 0.482 e. The average molecular weight is 447 g/mol. The van der Waals surface area contributed by atoms with Gasteiger partial charge < -0.3 is 15.2 Å². The van der Waals surface area contributed by atoms with Gasteiger partial charge in [0.15, 0.2) is 6.61 Å². The molecule has 160 valence electrons. The summed E-state index contributed by atoms with van der Waals surface area (Å²) in [5.41, 5.74) is 1.89. The Morgan fingerprint density at radius 1 is 0.969 bits per heavy atom. The van der Waals surface area contributed by atoms with Crippen molar-refractivity contribution in [2.45, 2.75) is 9.79 Å². The molecule has 0 unspecified atom stereocenters. The standard InChI is InChI=1S/C22H17N5O4S/c28-20(29)13-31-15-11-9-14(10-12-15)22(30)23-17-6-2-4-8-19(17)32-18-7-3-1-5-16(18)21-24-26-27-25-21/h1-12H,13H2,(H,23,30)(H,28,29)(H,24,25,26,27). The number of anilines is 1. The zero-order chi connectivity index (χ0) is 22.3. The number of rotatable bonds is 8. The maximum atomic E-state index is 12.8. The average Bonchev–Trinajstić information content (AvgIpc) is 3.34. The molecule has 0 aliphatic rings. The molecule has 0 spiro atoms. The van der Waals surface area contributed by atoms with Crippen molar-refractivity contribution in [2.24, 2.45) is 0 Å². The maximum Gasteiger partial charge on any atom is 0.341 e. The number of benzene rings is 3. The van der Waals surface area contributed by atoms with Crippen molar-refractivity contribution in [2.75, 3.05) is 11.9 Å². The van der Waals surface area contributed by atoms with Gasteiger partial charge >= 0.3 is 5.97 Å². The molecular formula is C22H17N5O4S. The Labute approximate surface area is 186 Å². The third kappa shape index (κ3) is 5.10. The molecule has 32 heavy (non-hydrogen) atoms. The molecule has 0 fully saturated rings. The van der Waals surface area contributed by atoms with Crippen molar-refractivity contribution >= 4 is 29.3 Å². The SMILES string of the molecule is O=C(O)COc1ccc(C(=O)Nc2ccccc2Sc2ccccc2-c2nn[nH]n2)cc1. The molecule has 1 heterocycles. The third-order valence-corrected chi connectivity index (χ3v) is 5.46. The number of aromatic nitrogens is 4. The molecule has 0 saturated carbocycles. The van der Waals surface area contributed by atoms with Gasteiger partial charge in [0.05, 0.1) is 5.69 Å². The molecule has 4 aromatic rings. The zero-order valence-corrected chi connectivity index (χ0v) is 17.4. The van der Waals surface area contributed by atoms with Crippen LogP contribution < -0.4 is 10.1 Å². The van der Waals surface area contributed by atoms with Crippen LogP contribution in [0.5, 0.6) is 5.75 Å². The Balaban J connectivity index is 1.51. The predicted molar refractivity (Wildman–Crippen MR) is 118 cm³/mol. The topological polar surface area (TPSA) is 130 Å². The molecule has 1 aromatic heterocycles. The van der Waals surface area contributed by atoms with E-state index < -0.39 is 12.6 Å². The molecule has 1 amide bonds. The Morgan fingerprint density at radius 3 is 2.41 bits per heavy atom. The number of hydrogen-bond acceptors (Lipinski definition) is 7. The second-order valence-corrected chi connectivity index (χ2v) is 7.57. The number of carboxylic acid groups (broad SMARTS) is 1. The van der Waals surface area contributed by atoms with Gasteiger partial charge in [-0.2, -0.15) is 5.21 Å². The zero-order valence-electron chi connectivity index (χ0n) is 16.6. The molecule has 0 atom stereocenters. The van der Waals surface area contributed by atoms with Gasteiger partial charge in [0.1, 0.15) is 5.75 Å². The number of carbonyl (C=O) groups excluding carboxylic acids is 1. The van der Waals surface area contributed by atoms with E-state index in [9.17, 15) is 9.59 Å². The summed E-state index contributed by atoms with van der Waals surface area (Å²) in [5.74, 6) is -0.506. The Kier molecular flexibility index (Phi) is 6.42. The number of nitrogens with zero attached hydrogens (tertiary/aromatic N) is 3. The molecule has 0 bridgehead atoms. The minimum atomic E-state index is -1.07. The van der Waals surface area contributed by atoms with Crippen LogP contribution in [0.25, 0.3) is 11.4 Å². The van der Waals surface area contributed by atoms with E-state index in [1.807, 2.05) is 48.5 Å². The first kappa shape index (κ1) is 21.1. The van der Waals surface area contributed by atoms with Crippen molar-refractivity contribution in [3.05, 3.63) is 78.4 Å². The lowest BCUT2D eigenvalue weighted by Crippen LogP contribution is -2.13. The second kappa shape index (κ2) is 9.75. The first-order valence-corrected chi connectivity index (χ1v) is 10.3. The quantitative estimate of drug-likeness (QED) is 0.372. The van der Waals surface area contributed by atoms with E-state index in [-0.39, 0.29) is 5.91 Å². The van der Waals surface area contributed by atoms with E-state index in [1.54, 1.807) is 24.3 Å². The normalized spacial score (nSPS) is 10.5. The van der Waals surface area contributed by atoms with Crippen LogP contribution in [-0.2, 0) is 4.79 Å². The van der Waals surface area contributed by atoms with E-state index in [1.165, 1.54) is 11.8 Å². The van der Waals surface area contributed by atoms with Crippen LogP contribution in [0.3, 0.4) is 0 Å². The minimum absolute atomic E-state index is 0.297. The number of tetrazole rings is 1. The number of carboxylic acids is 1. The number of hydrogen-bond donors (Lipinski definition) is 3. The number of aromatic amines is 1. The summed E-state index contributed by atoms with van der Waals surface area (Å²) in [7, 11) is 0. The highest BCUT2D eigenvalue weighted by Gasteiger charge is 2.14. The lowest BCUT2D eigenvalue weighted by Gasteiger charge is -2.12. The van der Waals surface area contributed by atoms with Crippen LogP contribution in [0, 0.1) is 0 Å². The number of para-hydroxylation sites is 1. The molecule has 0 saturated heterocycles. The van der Waals surface area contributed by atoms with Crippen LogP contribution in [-0.4, -0.2) is 44.2 Å². The van der Waals surface area contributed by atoms with Crippen LogP contribution in [0.1, 0.15) is 10.4 Å². The van der Waals surface area contributed by atoms with Gasteiger partial charge in [-0.3, -0.25) is 4.79 Å². The number of carbonyl (C=O) groups is 2. The summed E-state index contributed by atoms with van der Waals surface area (Å²) < 4.78 is 5.10. The highest BCUT2D eigenvalue weighted by Crippen LogP contribution is 2.38. The van der Waals surface area contributed by atoms with Crippen molar-refractivity contribution in [1.82, 2.24) is 20.6 Å². The van der Waals surface area contributed by atoms with Crippen molar-refractivity contribution < 1.29 is 19.4 Å². The molecule has 0 aliphatic carbocycles. The molecule has 0 aliphatic heterocycles. The van der Waals surface area contributed by atoms with Crippen LogP contribution >= 0.6 is 11.8 Å². The molecule has 3 aromatic carbocycles. The van der Waals surface area contributed by atoms with Crippen molar-refractivity contribution in [3.63, 3.8) is 0 Å². The Bertz CT molecular complexity index is 1230. The van der Waals surface area contributed by atoms with Gasteiger partial charge in [-0.15, -0.1) is 10.2 Å². The van der Waals surface area contributed by atoms with E-state index in [2.05, 4.69) is 25.9 Å². The van der Waals surface area contributed by atoms with Crippen molar-refractivity contribution in [3.8, 4) is 17.1 Å². The van der Waals surface area contributed by atoms with Crippen molar-refractivity contribution in [1.29, 1.82) is 0 Å². The highest BCUT2D eigenvalue weighted by atomic mass is 32.2. The van der Waals surface area contributed by atoms with Crippen LogP contribution in [0.4, 0.5) is 5.69 Å². The second-order valence-electron chi connectivity index (χ2n) is 6.49. The molecular weight excluding hydrogens is 430 g/mol. The molecule has 10 heteroatoms. The summed E-state index contributed by atoms with van der Waals surface area (Å²) in [5, 5.41) is 25.8. The fraction of sp³-hybridized carbons (Fsp3) is 0.0455. The summed E-state index contributed by atoms with van der Waals surface area (Å²) in [6, 6.07) is 21.4. The maximum absolute atomic E-state index is 12.8. The summed E-state index contributed by atoms with van der Waals surface area (Å²) in [4.78, 5) is 25.1.